The van der Waals surface area contributed by atoms with E-state index in [0.29, 0.717) is 0 Å². The van der Waals surface area contributed by atoms with Gasteiger partial charge in [0.15, 0.2) is 0 Å². The topological polar surface area (TPSA) is 7.12 Å². The van der Waals surface area contributed by atoms with Gasteiger partial charge in [-0.2, -0.15) is 0 Å². The Bertz CT molecular complexity index is 994. The van der Waals surface area contributed by atoms with Crippen molar-refractivity contribution in [3.8, 4) is 11.1 Å². The summed E-state index contributed by atoms with van der Waals surface area (Å²) in [6.45, 7) is 9.12. The molecule has 0 spiro atoms. The molecule has 0 atom stereocenters. The molecule has 4 heteroatoms. The first-order valence-electron chi connectivity index (χ1n) is 9.51. The Labute approximate surface area is 167 Å². The first-order chi connectivity index (χ1) is 12.9. The van der Waals surface area contributed by atoms with Crippen LogP contribution in [0.1, 0.15) is 26.3 Å². The lowest BCUT2D eigenvalue weighted by Gasteiger charge is -2.25. The van der Waals surface area contributed by atoms with Gasteiger partial charge in [-0.15, -0.1) is 11.6 Å². The largest absolute Gasteiger partial charge is 0.448 e. The Morgan fingerprint density at radius 3 is 2.33 bits per heavy atom. The molecule has 1 aliphatic heterocycles. The summed E-state index contributed by atoms with van der Waals surface area (Å²) in [7, 11) is 2.14. The minimum Gasteiger partial charge on any atom is -0.280 e. The summed E-state index contributed by atoms with van der Waals surface area (Å²) < 4.78 is 2.24. The monoisotopic (exact) mass is 373 g/mol. The van der Waals surface area contributed by atoms with Crippen LogP contribution in [0.5, 0.6) is 0 Å². The Morgan fingerprint density at radius 2 is 1.59 bits per heavy atom. The van der Waals surface area contributed by atoms with Crippen molar-refractivity contribution in [3.05, 3.63) is 72.4 Å². The molecule has 0 radical (unpaired) electrons. The molecule has 0 amide bonds. The number of hydrogen-bond acceptors (Lipinski definition) is 2. The molecule has 1 aliphatic rings. The van der Waals surface area contributed by atoms with Crippen LogP contribution in [0.3, 0.4) is 0 Å². The second-order valence-corrected chi connectivity index (χ2v) is 9.59. The quantitative estimate of drug-likeness (QED) is 0.391. The van der Waals surface area contributed by atoms with E-state index < -0.39 is 0 Å². The van der Waals surface area contributed by atoms with E-state index in [1.165, 1.54) is 33.1 Å². The first-order valence-corrected chi connectivity index (χ1v) is 10.4. The van der Waals surface area contributed by atoms with E-state index in [-0.39, 0.29) is 11.5 Å². The van der Waals surface area contributed by atoms with Crippen LogP contribution in [0.2, 0.25) is 6.82 Å². The van der Waals surface area contributed by atoms with Crippen molar-refractivity contribution < 1.29 is 4.57 Å². The molecular weight excluding hydrogens is 347 g/mol. The van der Waals surface area contributed by atoms with E-state index in [9.17, 15) is 0 Å². The summed E-state index contributed by atoms with van der Waals surface area (Å²) in [4.78, 5) is 3.82. The van der Waals surface area contributed by atoms with Crippen molar-refractivity contribution in [1.82, 2.24) is 0 Å². The number of benzene rings is 2. The van der Waals surface area contributed by atoms with Crippen LogP contribution in [0, 0.1) is 0 Å². The van der Waals surface area contributed by atoms with Gasteiger partial charge in [-0.05, 0) is 41.6 Å². The summed E-state index contributed by atoms with van der Waals surface area (Å²) in [5, 5.41) is 0. The summed E-state index contributed by atoms with van der Waals surface area (Å²) >= 11 is 1.93. The fourth-order valence-corrected chi connectivity index (χ4v) is 4.87. The van der Waals surface area contributed by atoms with Crippen LogP contribution in [0.15, 0.2) is 71.8 Å². The minimum atomic E-state index is 0.119. The van der Waals surface area contributed by atoms with Gasteiger partial charge >= 0.3 is 6.13 Å². The Balaban J connectivity index is 1.95. The van der Waals surface area contributed by atoms with E-state index in [0.717, 1.165) is 0 Å². The smallest absolute Gasteiger partial charge is 0.280 e. The summed E-state index contributed by atoms with van der Waals surface area (Å²) in [6.07, 6.45) is 2.48. The molecule has 0 aliphatic carbocycles. The molecule has 4 rings (SSSR count). The van der Waals surface area contributed by atoms with Gasteiger partial charge in [0.05, 0.1) is 13.2 Å². The molecule has 136 valence electrons. The van der Waals surface area contributed by atoms with Gasteiger partial charge in [0, 0.05) is 16.5 Å². The third kappa shape index (κ3) is 3.27. The predicted octanol–water partition coefficient (Wildman–Crippen LogP) is 5.84. The van der Waals surface area contributed by atoms with Gasteiger partial charge in [0.1, 0.15) is 5.69 Å². The van der Waals surface area contributed by atoms with E-state index in [1.807, 2.05) is 11.6 Å². The normalized spacial score (nSPS) is 13.8. The fourth-order valence-electron chi connectivity index (χ4n) is 3.71. The van der Waals surface area contributed by atoms with E-state index in [4.69, 9.17) is 0 Å². The molecule has 0 fully saturated rings. The highest BCUT2D eigenvalue weighted by Gasteiger charge is 2.37. The molecule has 0 unspecified atom stereocenters. The SMILES string of the molecule is CB1Sc2ccccc2-c2ccccc2N1c1cc(C(C)(C)C)cc[n+]1C. The molecular formula is C23H26BN2S+. The number of hydrogen-bond donors (Lipinski definition) is 0. The number of para-hydroxylation sites is 1. The molecule has 0 saturated carbocycles. The van der Waals surface area contributed by atoms with Gasteiger partial charge in [-0.3, -0.25) is 4.81 Å². The summed E-state index contributed by atoms with van der Waals surface area (Å²) in [5.74, 6) is 1.22. The van der Waals surface area contributed by atoms with Crippen molar-refractivity contribution in [2.45, 2.75) is 37.9 Å². The first kappa shape index (κ1) is 18.2. The standard InChI is InChI=1S/C23H26BN2S/c1-23(2,3)17-14-15-25(5)22(16-17)26-20-12-8-6-10-18(20)19-11-7-9-13-21(19)27-24(26)4/h6-16H,1-5H3/q+1. The highest BCUT2D eigenvalue weighted by Crippen LogP contribution is 2.45. The average Bonchev–Trinajstić information content (AvgIpc) is 2.75. The van der Waals surface area contributed by atoms with Gasteiger partial charge in [-0.1, -0.05) is 57.2 Å². The Kier molecular flexibility index (Phi) is 4.55. The van der Waals surface area contributed by atoms with Gasteiger partial charge in [-0.25, -0.2) is 4.57 Å². The number of anilines is 2. The van der Waals surface area contributed by atoms with Crippen LogP contribution in [-0.4, -0.2) is 6.13 Å². The van der Waals surface area contributed by atoms with Gasteiger partial charge < -0.3 is 0 Å². The van der Waals surface area contributed by atoms with Crippen molar-refractivity contribution in [1.29, 1.82) is 0 Å². The molecule has 1 aromatic heterocycles. The number of fused-ring (bicyclic) bond motifs is 3. The van der Waals surface area contributed by atoms with Crippen LogP contribution in [0.25, 0.3) is 11.1 Å². The molecule has 2 aromatic carbocycles. The second kappa shape index (κ2) is 6.76. The molecule has 2 heterocycles. The third-order valence-corrected chi connectivity index (χ3v) is 6.40. The second-order valence-electron chi connectivity index (χ2n) is 8.23. The highest BCUT2D eigenvalue weighted by atomic mass is 32.2. The van der Waals surface area contributed by atoms with E-state index >= 15 is 0 Å². The number of aryl methyl sites for hydroxylation is 1. The van der Waals surface area contributed by atoms with Crippen LogP contribution >= 0.6 is 11.6 Å². The predicted molar refractivity (Wildman–Crippen MR) is 118 cm³/mol. The molecule has 27 heavy (non-hydrogen) atoms. The van der Waals surface area contributed by atoms with Crippen LogP contribution in [-0.2, 0) is 12.5 Å². The van der Waals surface area contributed by atoms with Crippen molar-refractivity contribution in [3.63, 3.8) is 0 Å². The Hall–Kier alpha value is -2.20. The number of pyridine rings is 1. The maximum absolute atomic E-state index is 2.48. The lowest BCUT2D eigenvalue weighted by Crippen LogP contribution is -2.42. The summed E-state index contributed by atoms with van der Waals surface area (Å²) in [5.41, 5.74) is 5.36. The van der Waals surface area contributed by atoms with Crippen molar-refractivity contribution in [2.75, 3.05) is 4.81 Å². The van der Waals surface area contributed by atoms with Crippen molar-refractivity contribution >= 4 is 29.2 Å². The number of aromatic nitrogens is 1. The maximum atomic E-state index is 2.48. The fraction of sp³-hybridized carbons (Fsp3) is 0.261. The molecule has 0 saturated heterocycles. The summed E-state index contributed by atoms with van der Waals surface area (Å²) in [6, 6.07) is 22.1. The molecule has 2 nitrogen and oxygen atoms in total. The molecule has 0 N–H and O–H groups in total. The Morgan fingerprint density at radius 1 is 0.926 bits per heavy atom. The van der Waals surface area contributed by atoms with Crippen molar-refractivity contribution in [2.24, 2.45) is 7.05 Å². The zero-order valence-electron chi connectivity index (χ0n) is 16.7. The molecule has 3 aromatic rings. The zero-order chi connectivity index (χ0) is 19.2. The maximum Gasteiger partial charge on any atom is 0.448 e. The zero-order valence-corrected chi connectivity index (χ0v) is 17.5. The highest BCUT2D eigenvalue weighted by molar-refractivity contribution is 8.25. The lowest BCUT2D eigenvalue weighted by atomic mass is 9.86. The average molecular weight is 373 g/mol. The number of nitrogens with zero attached hydrogens (tertiary/aromatic N) is 2. The van der Waals surface area contributed by atoms with Gasteiger partial charge in [0.25, 0.3) is 5.82 Å². The van der Waals surface area contributed by atoms with Crippen LogP contribution in [0.4, 0.5) is 11.5 Å². The lowest BCUT2D eigenvalue weighted by molar-refractivity contribution is -0.658. The van der Waals surface area contributed by atoms with Crippen LogP contribution < -0.4 is 9.38 Å². The minimum absolute atomic E-state index is 0.119. The van der Waals surface area contributed by atoms with E-state index in [1.54, 1.807) is 0 Å². The number of rotatable bonds is 1. The van der Waals surface area contributed by atoms with Gasteiger partial charge in [0.2, 0.25) is 0 Å². The van der Waals surface area contributed by atoms with E-state index in [2.05, 4.69) is 111 Å². The molecule has 0 bridgehead atoms. The third-order valence-electron chi connectivity index (χ3n) is 5.24.